The number of pyridine rings is 1. The van der Waals surface area contributed by atoms with Gasteiger partial charge >= 0.3 is 0 Å². The molecule has 4 rings (SSSR count). The van der Waals surface area contributed by atoms with Crippen molar-refractivity contribution in [3.63, 3.8) is 0 Å². The third-order valence-electron chi connectivity index (χ3n) is 6.11. The molecule has 0 bridgehead atoms. The number of hydrogen-bond donors (Lipinski definition) is 1. The van der Waals surface area contributed by atoms with E-state index in [1.807, 2.05) is 109 Å². The fourth-order valence-electron chi connectivity index (χ4n) is 4.17. The zero-order valence-corrected chi connectivity index (χ0v) is 20.3. The quantitative estimate of drug-likeness (QED) is 0.332. The van der Waals surface area contributed by atoms with Crippen molar-refractivity contribution in [3.8, 4) is 0 Å². The van der Waals surface area contributed by atoms with Gasteiger partial charge in [-0.25, -0.2) is 0 Å². The summed E-state index contributed by atoms with van der Waals surface area (Å²) in [4.78, 5) is 33.3. The summed E-state index contributed by atoms with van der Waals surface area (Å²) in [6.45, 7) is 0.672. The van der Waals surface area contributed by atoms with Crippen LogP contribution in [0.2, 0.25) is 0 Å². The minimum absolute atomic E-state index is 0.0448. The Morgan fingerprint density at radius 1 is 0.722 bits per heavy atom. The maximum atomic E-state index is 13.7. The van der Waals surface area contributed by atoms with Crippen LogP contribution in [-0.2, 0) is 35.5 Å². The number of nitrogens with one attached hydrogen (secondary N) is 1. The highest BCUT2D eigenvalue weighted by Gasteiger charge is 2.30. The summed E-state index contributed by atoms with van der Waals surface area (Å²) in [5.74, 6) is -0.231. The predicted molar refractivity (Wildman–Crippen MR) is 142 cm³/mol. The van der Waals surface area contributed by atoms with Crippen LogP contribution in [0.4, 0.5) is 0 Å². The molecule has 1 atom stereocenters. The third-order valence-corrected chi connectivity index (χ3v) is 6.11. The lowest BCUT2D eigenvalue weighted by Gasteiger charge is -2.31. The van der Waals surface area contributed by atoms with Gasteiger partial charge in [0.05, 0.1) is 12.2 Å². The fraction of sp³-hybridized carbons (Fsp3) is 0.194. The molecule has 0 spiro atoms. The van der Waals surface area contributed by atoms with E-state index < -0.39 is 6.04 Å². The van der Waals surface area contributed by atoms with Gasteiger partial charge in [0.1, 0.15) is 6.04 Å². The zero-order valence-electron chi connectivity index (χ0n) is 20.3. The smallest absolute Gasteiger partial charge is 0.243 e. The second-order valence-corrected chi connectivity index (χ2v) is 8.74. The SMILES string of the molecule is O=C(NCc1ccccn1)[C@@H](Cc1ccccc1)N(Cc1ccccc1)C(=O)CCc1ccccc1. The van der Waals surface area contributed by atoms with Crippen molar-refractivity contribution in [3.05, 3.63) is 138 Å². The second-order valence-electron chi connectivity index (χ2n) is 8.74. The van der Waals surface area contributed by atoms with Crippen LogP contribution in [0.15, 0.2) is 115 Å². The monoisotopic (exact) mass is 477 g/mol. The van der Waals surface area contributed by atoms with Gasteiger partial charge in [0, 0.05) is 25.6 Å². The minimum Gasteiger partial charge on any atom is -0.349 e. The molecule has 1 N–H and O–H groups in total. The third kappa shape index (κ3) is 7.37. The summed E-state index contributed by atoms with van der Waals surface area (Å²) in [5.41, 5.74) is 3.87. The van der Waals surface area contributed by atoms with Gasteiger partial charge in [-0.05, 0) is 35.2 Å². The largest absolute Gasteiger partial charge is 0.349 e. The van der Waals surface area contributed by atoms with Gasteiger partial charge < -0.3 is 10.2 Å². The Kier molecular flexibility index (Phi) is 8.98. The maximum absolute atomic E-state index is 13.7. The van der Waals surface area contributed by atoms with Gasteiger partial charge in [0.25, 0.3) is 0 Å². The number of nitrogens with zero attached hydrogens (tertiary/aromatic N) is 2. The molecular formula is C31H31N3O2. The molecule has 36 heavy (non-hydrogen) atoms. The van der Waals surface area contributed by atoms with Crippen molar-refractivity contribution in [2.24, 2.45) is 0 Å². The predicted octanol–water partition coefficient (Wildman–Crippen LogP) is 4.97. The Labute approximate surface area is 212 Å². The van der Waals surface area contributed by atoms with E-state index in [4.69, 9.17) is 0 Å². The van der Waals surface area contributed by atoms with Crippen LogP contribution in [-0.4, -0.2) is 27.7 Å². The van der Waals surface area contributed by atoms with Crippen molar-refractivity contribution < 1.29 is 9.59 Å². The van der Waals surface area contributed by atoms with Crippen molar-refractivity contribution in [1.82, 2.24) is 15.2 Å². The number of benzene rings is 3. The standard InChI is InChI=1S/C31H31N3O2/c35-30(20-19-25-12-4-1-5-13-25)34(24-27-16-8-3-9-17-27)29(22-26-14-6-2-7-15-26)31(36)33-23-28-18-10-11-21-32-28/h1-18,21,29H,19-20,22-24H2,(H,33,36)/t29-/m1/s1. The van der Waals surface area contributed by atoms with Crippen molar-refractivity contribution in [2.45, 2.75) is 38.4 Å². The Morgan fingerprint density at radius 3 is 1.92 bits per heavy atom. The van der Waals surface area contributed by atoms with Crippen LogP contribution < -0.4 is 5.32 Å². The molecule has 0 radical (unpaired) electrons. The molecule has 3 aromatic carbocycles. The lowest BCUT2D eigenvalue weighted by atomic mass is 10.0. The van der Waals surface area contributed by atoms with Crippen molar-refractivity contribution >= 4 is 11.8 Å². The first-order valence-electron chi connectivity index (χ1n) is 12.3. The van der Waals surface area contributed by atoms with E-state index >= 15 is 0 Å². The number of carbonyl (C=O) groups is 2. The molecule has 1 aromatic heterocycles. The Hall–Kier alpha value is -4.25. The number of aromatic nitrogens is 1. The second kappa shape index (κ2) is 13.0. The summed E-state index contributed by atoms with van der Waals surface area (Å²) >= 11 is 0. The normalized spacial score (nSPS) is 11.4. The number of aryl methyl sites for hydroxylation is 1. The average Bonchev–Trinajstić information content (AvgIpc) is 2.94. The van der Waals surface area contributed by atoms with Crippen LogP contribution in [0.5, 0.6) is 0 Å². The summed E-state index contributed by atoms with van der Waals surface area (Å²) in [6.07, 6.45) is 3.09. The van der Waals surface area contributed by atoms with E-state index in [2.05, 4.69) is 10.3 Å². The molecule has 0 aliphatic heterocycles. The first-order valence-corrected chi connectivity index (χ1v) is 12.3. The van der Waals surface area contributed by atoms with Crippen LogP contribution >= 0.6 is 0 Å². The number of rotatable bonds is 11. The van der Waals surface area contributed by atoms with Gasteiger partial charge in [0.15, 0.2) is 0 Å². The van der Waals surface area contributed by atoms with Crippen LogP contribution in [0.1, 0.15) is 28.8 Å². The van der Waals surface area contributed by atoms with Gasteiger partial charge in [-0.1, -0.05) is 97.1 Å². The highest BCUT2D eigenvalue weighted by Crippen LogP contribution is 2.17. The van der Waals surface area contributed by atoms with Crippen LogP contribution in [0.3, 0.4) is 0 Å². The number of carbonyl (C=O) groups excluding carboxylic acids is 2. The molecular weight excluding hydrogens is 446 g/mol. The van der Waals surface area contributed by atoms with E-state index in [0.29, 0.717) is 32.4 Å². The van der Waals surface area contributed by atoms with E-state index in [1.54, 1.807) is 11.1 Å². The topological polar surface area (TPSA) is 62.3 Å². The van der Waals surface area contributed by atoms with E-state index in [9.17, 15) is 9.59 Å². The summed E-state index contributed by atoms with van der Waals surface area (Å²) in [6, 6.07) is 34.6. The highest BCUT2D eigenvalue weighted by atomic mass is 16.2. The molecule has 5 heteroatoms. The molecule has 0 saturated carbocycles. The average molecular weight is 478 g/mol. The molecule has 0 aliphatic rings. The molecule has 0 unspecified atom stereocenters. The van der Waals surface area contributed by atoms with Gasteiger partial charge in [-0.3, -0.25) is 14.6 Å². The Morgan fingerprint density at radius 2 is 1.31 bits per heavy atom. The van der Waals surface area contributed by atoms with E-state index in [-0.39, 0.29) is 11.8 Å². The molecule has 182 valence electrons. The molecule has 0 saturated heterocycles. The van der Waals surface area contributed by atoms with Crippen molar-refractivity contribution in [1.29, 1.82) is 0 Å². The first kappa shape index (κ1) is 24.9. The zero-order chi connectivity index (χ0) is 25.0. The Balaban J connectivity index is 1.59. The number of amides is 2. The van der Waals surface area contributed by atoms with E-state index in [1.165, 1.54) is 0 Å². The summed E-state index contributed by atoms with van der Waals surface area (Å²) in [5, 5.41) is 3.02. The van der Waals surface area contributed by atoms with Crippen LogP contribution in [0, 0.1) is 0 Å². The van der Waals surface area contributed by atoms with Crippen molar-refractivity contribution in [2.75, 3.05) is 0 Å². The minimum atomic E-state index is -0.653. The highest BCUT2D eigenvalue weighted by molar-refractivity contribution is 5.88. The summed E-state index contributed by atoms with van der Waals surface area (Å²) < 4.78 is 0. The van der Waals surface area contributed by atoms with Crippen LogP contribution in [0.25, 0.3) is 0 Å². The lowest BCUT2D eigenvalue weighted by Crippen LogP contribution is -2.50. The molecule has 2 amide bonds. The molecule has 4 aromatic rings. The maximum Gasteiger partial charge on any atom is 0.243 e. The van der Waals surface area contributed by atoms with E-state index in [0.717, 1.165) is 22.4 Å². The van der Waals surface area contributed by atoms with Gasteiger partial charge in [-0.2, -0.15) is 0 Å². The number of hydrogen-bond acceptors (Lipinski definition) is 3. The molecule has 5 nitrogen and oxygen atoms in total. The summed E-state index contributed by atoms with van der Waals surface area (Å²) in [7, 11) is 0. The molecule has 0 aliphatic carbocycles. The lowest BCUT2D eigenvalue weighted by molar-refractivity contribution is -0.141. The fourth-order valence-corrected chi connectivity index (χ4v) is 4.17. The van der Waals surface area contributed by atoms with Gasteiger partial charge in [0.2, 0.25) is 11.8 Å². The Bertz CT molecular complexity index is 1120. The first-order chi connectivity index (χ1) is 17.7. The van der Waals surface area contributed by atoms with Gasteiger partial charge in [-0.15, -0.1) is 0 Å². The molecule has 1 heterocycles. The molecule has 0 fully saturated rings.